The number of hydrogen-bond acceptors (Lipinski definition) is 4. The van der Waals surface area contributed by atoms with Crippen LogP contribution in [0.15, 0.2) is 0 Å². The summed E-state index contributed by atoms with van der Waals surface area (Å²) in [5.41, 5.74) is -0.720. The van der Waals surface area contributed by atoms with Crippen molar-refractivity contribution in [3.63, 3.8) is 0 Å². The summed E-state index contributed by atoms with van der Waals surface area (Å²) in [4.78, 5) is 27.7. The van der Waals surface area contributed by atoms with Crippen LogP contribution in [0.4, 0.5) is 4.79 Å². The second-order valence-corrected chi connectivity index (χ2v) is 7.21. The standard InChI is InChI=1S/C16H30N2O5/c1-10-8-17(9-11(2)23-10)14(19)13(12(3)22-7)18(15(20)21)16(4,5)6/h10-13H,8-9H2,1-7H3,(H,20,21)/t10-,11+,12-,13+/m1/s1. The van der Waals surface area contributed by atoms with Crippen molar-refractivity contribution >= 4 is 12.0 Å². The van der Waals surface area contributed by atoms with Gasteiger partial charge in [0.2, 0.25) is 5.91 Å². The van der Waals surface area contributed by atoms with Crippen molar-refractivity contribution < 1.29 is 24.2 Å². The summed E-state index contributed by atoms with van der Waals surface area (Å²) in [6.07, 6.45) is -1.83. The highest BCUT2D eigenvalue weighted by atomic mass is 16.5. The number of carboxylic acid groups (broad SMARTS) is 1. The summed E-state index contributed by atoms with van der Waals surface area (Å²) in [5, 5.41) is 9.65. The summed E-state index contributed by atoms with van der Waals surface area (Å²) >= 11 is 0. The van der Waals surface area contributed by atoms with E-state index >= 15 is 0 Å². The molecule has 0 aromatic carbocycles. The number of amides is 2. The van der Waals surface area contributed by atoms with Crippen LogP contribution in [0.25, 0.3) is 0 Å². The molecule has 1 N–H and O–H groups in total. The fraction of sp³-hybridized carbons (Fsp3) is 0.875. The second-order valence-electron chi connectivity index (χ2n) is 7.21. The van der Waals surface area contributed by atoms with E-state index in [4.69, 9.17) is 9.47 Å². The summed E-state index contributed by atoms with van der Waals surface area (Å²) in [5.74, 6) is -0.237. The maximum atomic E-state index is 13.1. The van der Waals surface area contributed by atoms with E-state index < -0.39 is 23.8 Å². The van der Waals surface area contributed by atoms with Gasteiger partial charge in [0.15, 0.2) is 0 Å². The SMILES string of the molecule is CO[C@H](C)[C@@H](C(=O)N1C[C@@H](C)O[C@@H](C)C1)N(C(=O)O)C(C)(C)C. The van der Waals surface area contributed by atoms with E-state index in [1.54, 1.807) is 32.6 Å². The number of nitrogens with zero attached hydrogens (tertiary/aromatic N) is 2. The van der Waals surface area contributed by atoms with Gasteiger partial charge in [0.05, 0.1) is 18.3 Å². The van der Waals surface area contributed by atoms with E-state index in [-0.39, 0.29) is 18.1 Å². The predicted molar refractivity (Wildman–Crippen MR) is 86.5 cm³/mol. The van der Waals surface area contributed by atoms with Crippen molar-refractivity contribution in [2.75, 3.05) is 20.2 Å². The Morgan fingerprint density at radius 3 is 2.09 bits per heavy atom. The average molecular weight is 330 g/mol. The first-order valence-electron chi connectivity index (χ1n) is 7.98. The highest BCUT2D eigenvalue weighted by Crippen LogP contribution is 2.24. The zero-order chi connectivity index (χ0) is 17.9. The Bertz CT molecular complexity index is 425. The highest BCUT2D eigenvalue weighted by Gasteiger charge is 2.43. The minimum atomic E-state index is -1.13. The van der Waals surface area contributed by atoms with Crippen LogP contribution >= 0.6 is 0 Å². The van der Waals surface area contributed by atoms with Crippen LogP contribution in [-0.4, -0.2) is 77.0 Å². The predicted octanol–water partition coefficient (Wildman–Crippen LogP) is 1.80. The first-order valence-corrected chi connectivity index (χ1v) is 7.98. The Balaban J connectivity index is 3.14. The molecule has 2 amide bonds. The third-order valence-corrected chi connectivity index (χ3v) is 4.01. The monoisotopic (exact) mass is 330 g/mol. The van der Waals surface area contributed by atoms with Gasteiger partial charge in [-0.15, -0.1) is 0 Å². The third-order valence-electron chi connectivity index (χ3n) is 4.01. The molecule has 1 heterocycles. The van der Waals surface area contributed by atoms with E-state index in [1.807, 2.05) is 13.8 Å². The lowest BCUT2D eigenvalue weighted by Crippen LogP contribution is -2.63. The molecule has 0 bridgehead atoms. The molecule has 1 fully saturated rings. The van der Waals surface area contributed by atoms with Gasteiger partial charge in [0.25, 0.3) is 0 Å². The van der Waals surface area contributed by atoms with Gasteiger partial charge in [-0.3, -0.25) is 9.69 Å². The van der Waals surface area contributed by atoms with Crippen molar-refractivity contribution in [3.05, 3.63) is 0 Å². The second kappa shape index (κ2) is 7.49. The molecule has 1 rings (SSSR count). The molecular weight excluding hydrogens is 300 g/mol. The normalized spacial score (nSPS) is 24.9. The van der Waals surface area contributed by atoms with Crippen LogP contribution in [0.1, 0.15) is 41.5 Å². The van der Waals surface area contributed by atoms with Gasteiger partial charge >= 0.3 is 6.09 Å². The highest BCUT2D eigenvalue weighted by molar-refractivity contribution is 5.86. The van der Waals surface area contributed by atoms with E-state index in [0.717, 1.165) is 0 Å². The van der Waals surface area contributed by atoms with Gasteiger partial charge in [0.1, 0.15) is 6.04 Å². The lowest BCUT2D eigenvalue weighted by Gasteiger charge is -2.44. The molecule has 7 nitrogen and oxygen atoms in total. The summed E-state index contributed by atoms with van der Waals surface area (Å²) in [6.45, 7) is 11.8. The first-order chi connectivity index (χ1) is 10.5. The Morgan fingerprint density at radius 1 is 1.26 bits per heavy atom. The molecule has 0 aromatic rings. The van der Waals surface area contributed by atoms with Gasteiger partial charge in [-0.25, -0.2) is 4.79 Å². The Labute approximate surface area is 138 Å². The topological polar surface area (TPSA) is 79.3 Å². The molecule has 0 aliphatic carbocycles. The average Bonchev–Trinajstić information content (AvgIpc) is 2.40. The minimum absolute atomic E-state index is 0.0749. The van der Waals surface area contributed by atoms with Gasteiger partial charge < -0.3 is 19.5 Å². The number of carbonyl (C=O) groups excluding carboxylic acids is 1. The Morgan fingerprint density at radius 2 is 1.74 bits per heavy atom. The molecule has 0 aromatic heterocycles. The van der Waals surface area contributed by atoms with Gasteiger partial charge in [-0.2, -0.15) is 0 Å². The van der Waals surface area contributed by atoms with E-state index in [1.165, 1.54) is 12.0 Å². The van der Waals surface area contributed by atoms with Crippen molar-refractivity contribution in [2.24, 2.45) is 0 Å². The lowest BCUT2D eigenvalue weighted by molar-refractivity contribution is -0.154. The molecule has 1 saturated heterocycles. The third kappa shape index (κ3) is 4.81. The number of rotatable bonds is 4. The van der Waals surface area contributed by atoms with E-state index in [9.17, 15) is 14.7 Å². The van der Waals surface area contributed by atoms with Crippen LogP contribution in [0, 0.1) is 0 Å². The van der Waals surface area contributed by atoms with Gasteiger partial charge in [0, 0.05) is 25.7 Å². The van der Waals surface area contributed by atoms with Crippen LogP contribution in [0.3, 0.4) is 0 Å². The van der Waals surface area contributed by atoms with Crippen LogP contribution in [-0.2, 0) is 14.3 Å². The zero-order valence-corrected chi connectivity index (χ0v) is 15.2. The smallest absolute Gasteiger partial charge is 0.408 e. The molecule has 0 spiro atoms. The minimum Gasteiger partial charge on any atom is -0.465 e. The van der Waals surface area contributed by atoms with Crippen molar-refractivity contribution in [1.82, 2.24) is 9.80 Å². The summed E-state index contributed by atoms with van der Waals surface area (Å²) in [7, 11) is 1.48. The van der Waals surface area contributed by atoms with Gasteiger partial charge in [-0.1, -0.05) is 0 Å². The number of methoxy groups -OCH3 is 1. The fourth-order valence-corrected chi connectivity index (χ4v) is 3.02. The molecule has 0 saturated carbocycles. The quantitative estimate of drug-likeness (QED) is 0.850. The van der Waals surface area contributed by atoms with E-state index in [0.29, 0.717) is 13.1 Å². The summed E-state index contributed by atoms with van der Waals surface area (Å²) in [6, 6.07) is -0.894. The molecule has 4 atom stereocenters. The fourth-order valence-electron chi connectivity index (χ4n) is 3.02. The number of ether oxygens (including phenoxy) is 2. The molecular formula is C16H30N2O5. The number of carbonyl (C=O) groups is 2. The van der Waals surface area contributed by atoms with Crippen molar-refractivity contribution in [1.29, 1.82) is 0 Å². The van der Waals surface area contributed by atoms with Crippen LogP contribution in [0.2, 0.25) is 0 Å². The van der Waals surface area contributed by atoms with Crippen LogP contribution < -0.4 is 0 Å². The first kappa shape index (κ1) is 19.7. The lowest BCUT2D eigenvalue weighted by atomic mass is 9.99. The maximum absolute atomic E-state index is 13.1. The molecule has 0 unspecified atom stereocenters. The molecule has 1 aliphatic rings. The molecule has 23 heavy (non-hydrogen) atoms. The molecule has 0 radical (unpaired) electrons. The molecule has 7 heteroatoms. The van der Waals surface area contributed by atoms with Gasteiger partial charge in [-0.05, 0) is 41.5 Å². The Hall–Kier alpha value is -1.34. The number of morpholine rings is 1. The molecule has 134 valence electrons. The van der Waals surface area contributed by atoms with Crippen LogP contribution in [0.5, 0.6) is 0 Å². The van der Waals surface area contributed by atoms with Crippen molar-refractivity contribution in [2.45, 2.75) is 71.4 Å². The summed E-state index contributed by atoms with van der Waals surface area (Å²) < 4.78 is 11.0. The largest absolute Gasteiger partial charge is 0.465 e. The maximum Gasteiger partial charge on any atom is 0.408 e. The number of hydrogen-bond donors (Lipinski definition) is 1. The van der Waals surface area contributed by atoms with Crippen molar-refractivity contribution in [3.8, 4) is 0 Å². The van der Waals surface area contributed by atoms with E-state index in [2.05, 4.69) is 0 Å². The zero-order valence-electron chi connectivity index (χ0n) is 15.2. The molecule has 1 aliphatic heterocycles. The Kier molecular flexibility index (Phi) is 6.41.